The van der Waals surface area contributed by atoms with E-state index in [1.54, 1.807) is 12.1 Å². The molecule has 0 saturated carbocycles. The topological polar surface area (TPSA) is 79.3 Å². The minimum atomic E-state index is -0.242. The Balaban J connectivity index is 1.39. The number of nitrogens with zero attached hydrogens (tertiary/aromatic N) is 3. The van der Waals surface area contributed by atoms with Crippen LogP contribution in [-0.4, -0.2) is 41.2 Å². The summed E-state index contributed by atoms with van der Waals surface area (Å²) >= 11 is 6.47. The number of nitrogens with one attached hydrogen (secondary N) is 2. The molecule has 1 aromatic heterocycles. The average Bonchev–Trinajstić information content (AvgIpc) is 3.37. The van der Waals surface area contributed by atoms with Crippen molar-refractivity contribution in [1.82, 2.24) is 15.1 Å². The first-order valence-electron chi connectivity index (χ1n) is 10.4. The summed E-state index contributed by atoms with van der Waals surface area (Å²) in [5.41, 5.74) is 4.92. The van der Waals surface area contributed by atoms with Gasteiger partial charge in [-0.2, -0.15) is 5.10 Å². The van der Waals surface area contributed by atoms with E-state index in [-0.39, 0.29) is 18.4 Å². The van der Waals surface area contributed by atoms with E-state index in [0.717, 1.165) is 41.9 Å². The fraction of sp³-hybridized carbons (Fsp3) is 0.261. The van der Waals surface area contributed by atoms with E-state index in [2.05, 4.69) is 15.7 Å². The molecule has 8 heteroatoms. The number of halogens is 1. The zero-order valence-corrected chi connectivity index (χ0v) is 17.7. The fourth-order valence-electron chi connectivity index (χ4n) is 4.28. The van der Waals surface area contributed by atoms with Crippen LogP contribution in [-0.2, 0) is 17.6 Å². The summed E-state index contributed by atoms with van der Waals surface area (Å²) in [6.07, 6.45) is 2.78. The maximum absolute atomic E-state index is 13.1. The van der Waals surface area contributed by atoms with Gasteiger partial charge < -0.3 is 15.5 Å². The largest absolute Gasteiger partial charge is 0.359 e. The number of carbonyl (C=O) groups is 2. The lowest BCUT2D eigenvalue weighted by atomic mass is 10.2. The Morgan fingerprint density at radius 2 is 1.97 bits per heavy atom. The zero-order chi connectivity index (χ0) is 21.4. The molecule has 0 unspecified atom stereocenters. The van der Waals surface area contributed by atoms with Crippen LogP contribution in [0.3, 0.4) is 0 Å². The molecule has 1 aliphatic heterocycles. The first kappa shape index (κ1) is 19.6. The third-order valence-electron chi connectivity index (χ3n) is 5.73. The monoisotopic (exact) mass is 435 g/mol. The standard InChI is InChI=1S/C23H22ClN5O2/c24-18-13-15(9-10-20(18)28-12-11-25-21(30)14-28)26-23(31)22-17-7-4-8-19(17)29(27-22)16-5-2-1-3-6-16/h1-3,5-6,9-10,13H,4,7-8,11-12,14H2,(H,25,30)(H,26,31). The number of amides is 2. The van der Waals surface area contributed by atoms with Crippen LogP contribution in [0.5, 0.6) is 0 Å². The molecule has 1 aliphatic carbocycles. The van der Waals surface area contributed by atoms with Crippen LogP contribution in [0, 0.1) is 0 Å². The molecule has 31 heavy (non-hydrogen) atoms. The first-order valence-corrected chi connectivity index (χ1v) is 10.8. The van der Waals surface area contributed by atoms with Gasteiger partial charge in [-0.3, -0.25) is 9.59 Å². The van der Waals surface area contributed by atoms with E-state index in [1.807, 2.05) is 46.0 Å². The van der Waals surface area contributed by atoms with Crippen molar-refractivity contribution < 1.29 is 9.59 Å². The summed E-state index contributed by atoms with van der Waals surface area (Å²) in [7, 11) is 0. The molecule has 0 bridgehead atoms. The molecular weight excluding hydrogens is 414 g/mol. The normalized spacial score (nSPS) is 15.5. The Bertz CT molecular complexity index is 1160. The molecule has 0 radical (unpaired) electrons. The van der Waals surface area contributed by atoms with Crippen molar-refractivity contribution in [3.8, 4) is 5.69 Å². The number of anilines is 2. The highest BCUT2D eigenvalue weighted by atomic mass is 35.5. The van der Waals surface area contributed by atoms with Crippen LogP contribution in [0.15, 0.2) is 48.5 Å². The average molecular weight is 436 g/mol. The van der Waals surface area contributed by atoms with E-state index >= 15 is 0 Å². The lowest BCUT2D eigenvalue weighted by Crippen LogP contribution is -2.47. The number of fused-ring (bicyclic) bond motifs is 1. The second-order valence-electron chi connectivity index (χ2n) is 7.77. The van der Waals surface area contributed by atoms with E-state index in [1.165, 1.54) is 0 Å². The van der Waals surface area contributed by atoms with Crippen LogP contribution in [0.25, 0.3) is 5.69 Å². The summed E-state index contributed by atoms with van der Waals surface area (Å²) in [6, 6.07) is 15.2. The number of benzene rings is 2. The van der Waals surface area contributed by atoms with Gasteiger partial charge in [0.1, 0.15) is 0 Å². The molecule has 2 aliphatic rings. The lowest BCUT2D eigenvalue weighted by Gasteiger charge is -2.29. The molecule has 5 rings (SSSR count). The molecule has 1 fully saturated rings. The van der Waals surface area contributed by atoms with Crippen LogP contribution in [0.2, 0.25) is 5.02 Å². The Morgan fingerprint density at radius 3 is 2.74 bits per heavy atom. The summed E-state index contributed by atoms with van der Waals surface area (Å²) in [5.74, 6) is -0.267. The van der Waals surface area contributed by atoms with Crippen molar-refractivity contribution >= 4 is 34.8 Å². The number of hydrogen-bond donors (Lipinski definition) is 2. The van der Waals surface area contributed by atoms with Crippen molar-refractivity contribution in [1.29, 1.82) is 0 Å². The molecule has 7 nitrogen and oxygen atoms in total. The van der Waals surface area contributed by atoms with E-state index < -0.39 is 0 Å². The third kappa shape index (κ3) is 3.77. The highest BCUT2D eigenvalue weighted by molar-refractivity contribution is 6.33. The van der Waals surface area contributed by atoms with Crippen LogP contribution < -0.4 is 15.5 Å². The highest BCUT2D eigenvalue weighted by Crippen LogP contribution is 2.31. The van der Waals surface area contributed by atoms with E-state index in [4.69, 9.17) is 11.6 Å². The van der Waals surface area contributed by atoms with Crippen molar-refractivity contribution in [3.05, 3.63) is 70.5 Å². The number of rotatable bonds is 4. The number of piperazine rings is 1. The maximum atomic E-state index is 13.1. The van der Waals surface area contributed by atoms with E-state index in [9.17, 15) is 9.59 Å². The van der Waals surface area contributed by atoms with Crippen molar-refractivity contribution in [2.75, 3.05) is 29.9 Å². The van der Waals surface area contributed by atoms with Gasteiger partial charge in [0.2, 0.25) is 5.91 Å². The van der Waals surface area contributed by atoms with Gasteiger partial charge in [-0.15, -0.1) is 0 Å². The molecule has 1 saturated heterocycles. The summed E-state index contributed by atoms with van der Waals surface area (Å²) < 4.78 is 1.88. The molecule has 2 N–H and O–H groups in total. The second kappa shape index (κ2) is 8.07. The molecule has 2 aromatic carbocycles. The van der Waals surface area contributed by atoms with Gasteiger partial charge in [-0.1, -0.05) is 29.8 Å². The predicted octanol–water partition coefficient (Wildman–Crippen LogP) is 3.20. The van der Waals surface area contributed by atoms with Gasteiger partial charge in [-0.05, 0) is 49.6 Å². The Labute approximate surface area is 185 Å². The summed E-state index contributed by atoms with van der Waals surface area (Å²) in [4.78, 5) is 26.7. The molecule has 0 spiro atoms. The van der Waals surface area contributed by atoms with Gasteiger partial charge in [0.15, 0.2) is 5.69 Å². The minimum Gasteiger partial charge on any atom is -0.359 e. The minimum absolute atomic E-state index is 0.0254. The predicted molar refractivity (Wildman–Crippen MR) is 120 cm³/mol. The van der Waals surface area contributed by atoms with Crippen LogP contribution in [0.4, 0.5) is 11.4 Å². The molecule has 0 atom stereocenters. The first-order chi connectivity index (χ1) is 15.1. The van der Waals surface area contributed by atoms with Crippen LogP contribution in [0.1, 0.15) is 28.2 Å². The van der Waals surface area contributed by atoms with Gasteiger partial charge in [-0.25, -0.2) is 4.68 Å². The fourth-order valence-corrected chi connectivity index (χ4v) is 4.58. The third-order valence-corrected chi connectivity index (χ3v) is 6.03. The van der Waals surface area contributed by atoms with Gasteiger partial charge in [0, 0.05) is 30.0 Å². The summed E-state index contributed by atoms with van der Waals surface area (Å²) in [5, 5.41) is 10.9. The number of carbonyl (C=O) groups excluding carboxylic acids is 2. The number of para-hydroxylation sites is 1. The number of hydrogen-bond acceptors (Lipinski definition) is 4. The smallest absolute Gasteiger partial charge is 0.276 e. The highest BCUT2D eigenvalue weighted by Gasteiger charge is 2.27. The van der Waals surface area contributed by atoms with Crippen molar-refractivity contribution in [3.63, 3.8) is 0 Å². The maximum Gasteiger partial charge on any atom is 0.276 e. The van der Waals surface area contributed by atoms with Crippen molar-refractivity contribution in [2.45, 2.75) is 19.3 Å². The summed E-state index contributed by atoms with van der Waals surface area (Å²) in [6.45, 7) is 1.55. The van der Waals surface area contributed by atoms with E-state index in [0.29, 0.717) is 29.5 Å². The van der Waals surface area contributed by atoms with Gasteiger partial charge in [0.05, 0.1) is 22.9 Å². The molecule has 158 valence electrons. The Morgan fingerprint density at radius 1 is 1.13 bits per heavy atom. The second-order valence-corrected chi connectivity index (χ2v) is 8.17. The molecule has 2 amide bonds. The van der Waals surface area contributed by atoms with Gasteiger partial charge in [0.25, 0.3) is 5.91 Å². The Kier molecular flexibility index (Phi) is 5.11. The lowest BCUT2D eigenvalue weighted by molar-refractivity contribution is -0.120. The molecule has 3 aromatic rings. The SMILES string of the molecule is O=C1CN(c2ccc(NC(=O)c3nn(-c4ccccc4)c4c3CCC4)cc2Cl)CCN1. The molecule has 2 heterocycles. The van der Waals surface area contributed by atoms with Gasteiger partial charge >= 0.3 is 0 Å². The Hall–Kier alpha value is -3.32. The van der Waals surface area contributed by atoms with Crippen molar-refractivity contribution in [2.24, 2.45) is 0 Å². The van der Waals surface area contributed by atoms with Crippen LogP contribution >= 0.6 is 11.6 Å². The molecular formula is C23H22ClN5O2. The zero-order valence-electron chi connectivity index (χ0n) is 16.9. The number of aromatic nitrogens is 2. The quantitative estimate of drug-likeness (QED) is 0.659.